The number of Topliss-reactive ketones (excluding diaryl/α,β-unsaturated/α-hetero) is 1. The SMILES string of the molecule is O=C(c1cccc([N+](=O)[O-])c1)[C@@H]1[C@@H]2C(=O)N(c3ccc([N+](=O)[O-])cc3)C(=O)[C@@H]2[C@@H]2C=CC=NN12. The molecule has 12 nitrogen and oxygen atoms in total. The van der Waals surface area contributed by atoms with Gasteiger partial charge in [0.05, 0.1) is 33.4 Å². The Labute approximate surface area is 191 Å². The largest absolute Gasteiger partial charge is 0.292 e. The maximum absolute atomic E-state index is 13.5. The molecule has 3 heterocycles. The van der Waals surface area contributed by atoms with Crippen molar-refractivity contribution >= 4 is 40.9 Å². The molecule has 0 bridgehead atoms. The number of anilines is 1. The molecule has 0 radical (unpaired) electrons. The van der Waals surface area contributed by atoms with Crippen LogP contribution in [0, 0.1) is 32.1 Å². The minimum absolute atomic E-state index is 0.0254. The number of amides is 2. The maximum atomic E-state index is 13.5. The Hall–Kier alpha value is -4.74. The molecule has 3 aliphatic heterocycles. The van der Waals surface area contributed by atoms with Crippen LogP contribution in [-0.2, 0) is 9.59 Å². The van der Waals surface area contributed by atoms with Gasteiger partial charge in [-0.1, -0.05) is 18.2 Å². The number of nitrogens with zero attached hydrogens (tertiary/aromatic N) is 5. The lowest BCUT2D eigenvalue weighted by Gasteiger charge is -2.30. The zero-order valence-corrected chi connectivity index (χ0v) is 17.3. The normalized spacial score (nSPS) is 24.8. The number of imide groups is 1. The molecule has 0 saturated carbocycles. The average Bonchev–Trinajstić information content (AvgIpc) is 3.31. The summed E-state index contributed by atoms with van der Waals surface area (Å²) in [6.45, 7) is 0. The standard InChI is InChI=1S/C22H15N5O7/c28-20(12-3-1-4-15(11-12)27(33)34)19-18-17(16-5-2-10-23-25(16)19)21(29)24(22(18)30)13-6-8-14(9-7-13)26(31)32/h1-11,16-19H/t16-,17+,18+,19-/m0/s1. The molecule has 170 valence electrons. The van der Waals surface area contributed by atoms with E-state index in [1.165, 1.54) is 53.7 Å². The third-order valence-electron chi connectivity index (χ3n) is 6.22. The molecule has 0 aromatic heterocycles. The summed E-state index contributed by atoms with van der Waals surface area (Å²) >= 11 is 0. The van der Waals surface area contributed by atoms with Gasteiger partial charge in [0.1, 0.15) is 6.04 Å². The summed E-state index contributed by atoms with van der Waals surface area (Å²) < 4.78 is 0. The van der Waals surface area contributed by atoms with Gasteiger partial charge in [-0.15, -0.1) is 0 Å². The van der Waals surface area contributed by atoms with Crippen molar-refractivity contribution in [3.8, 4) is 0 Å². The first-order valence-corrected chi connectivity index (χ1v) is 10.2. The molecule has 0 N–H and O–H groups in total. The summed E-state index contributed by atoms with van der Waals surface area (Å²) in [5, 5.41) is 27.8. The Morgan fingerprint density at radius 3 is 2.26 bits per heavy atom. The van der Waals surface area contributed by atoms with Gasteiger partial charge < -0.3 is 0 Å². The second kappa shape index (κ2) is 7.69. The van der Waals surface area contributed by atoms with Gasteiger partial charge >= 0.3 is 0 Å². The summed E-state index contributed by atoms with van der Waals surface area (Å²) in [7, 11) is 0. The highest BCUT2D eigenvalue weighted by Gasteiger charge is 2.64. The Morgan fingerprint density at radius 2 is 1.59 bits per heavy atom. The molecular weight excluding hydrogens is 446 g/mol. The zero-order valence-electron chi connectivity index (χ0n) is 17.3. The highest BCUT2D eigenvalue weighted by atomic mass is 16.6. The number of hydrogen-bond acceptors (Lipinski definition) is 9. The van der Waals surface area contributed by atoms with Gasteiger partial charge in [0.15, 0.2) is 5.78 Å². The number of nitro groups is 2. The van der Waals surface area contributed by atoms with Crippen LogP contribution >= 0.6 is 0 Å². The molecule has 4 atom stereocenters. The monoisotopic (exact) mass is 461 g/mol. The molecule has 34 heavy (non-hydrogen) atoms. The first-order valence-electron chi connectivity index (χ1n) is 10.2. The second-order valence-electron chi connectivity index (χ2n) is 7.97. The molecular formula is C22H15N5O7. The third kappa shape index (κ3) is 3.07. The van der Waals surface area contributed by atoms with Crippen molar-refractivity contribution in [3.63, 3.8) is 0 Å². The van der Waals surface area contributed by atoms with Gasteiger partial charge in [0, 0.05) is 36.0 Å². The van der Waals surface area contributed by atoms with Crippen LogP contribution in [0.1, 0.15) is 10.4 Å². The summed E-state index contributed by atoms with van der Waals surface area (Å²) in [6.07, 6.45) is 4.73. The Balaban J connectivity index is 1.55. The van der Waals surface area contributed by atoms with Crippen LogP contribution in [0.25, 0.3) is 0 Å². The van der Waals surface area contributed by atoms with Gasteiger partial charge in [-0.2, -0.15) is 5.10 Å². The van der Waals surface area contributed by atoms with Gasteiger partial charge in [0.2, 0.25) is 11.8 Å². The molecule has 2 saturated heterocycles. The summed E-state index contributed by atoms with van der Waals surface area (Å²) in [5.41, 5.74) is -0.290. The number of nitro benzene ring substituents is 2. The van der Waals surface area contributed by atoms with Crippen molar-refractivity contribution in [2.45, 2.75) is 12.1 Å². The smallest absolute Gasteiger partial charge is 0.270 e. The van der Waals surface area contributed by atoms with E-state index in [0.29, 0.717) is 0 Å². The Bertz CT molecular complexity index is 1320. The first kappa shape index (κ1) is 21.1. The number of carbonyl (C=O) groups is 3. The van der Waals surface area contributed by atoms with Crippen LogP contribution in [0.15, 0.2) is 65.8 Å². The number of ketones is 1. The zero-order chi connectivity index (χ0) is 24.1. The summed E-state index contributed by atoms with van der Waals surface area (Å²) in [6, 6.07) is 8.33. The molecule has 12 heteroatoms. The topological polar surface area (TPSA) is 156 Å². The van der Waals surface area contributed by atoms with E-state index in [4.69, 9.17) is 0 Å². The van der Waals surface area contributed by atoms with Crippen LogP contribution in [0.3, 0.4) is 0 Å². The summed E-state index contributed by atoms with van der Waals surface area (Å²) in [5.74, 6) is -3.75. The fraction of sp³-hybridized carbons (Fsp3) is 0.182. The number of carbonyl (C=O) groups excluding carboxylic acids is 3. The fourth-order valence-corrected chi connectivity index (χ4v) is 4.76. The van der Waals surface area contributed by atoms with Crippen molar-refractivity contribution in [2.24, 2.45) is 16.9 Å². The number of rotatable bonds is 5. The molecule has 3 aliphatic rings. The molecule has 2 amide bonds. The van der Waals surface area contributed by atoms with Gasteiger partial charge in [0.25, 0.3) is 11.4 Å². The van der Waals surface area contributed by atoms with Crippen LogP contribution < -0.4 is 4.90 Å². The average molecular weight is 461 g/mol. The molecule has 2 aromatic rings. The van der Waals surface area contributed by atoms with Crippen molar-refractivity contribution in [1.29, 1.82) is 0 Å². The molecule has 0 unspecified atom stereocenters. The highest BCUT2D eigenvalue weighted by Crippen LogP contribution is 2.46. The number of hydrogen-bond donors (Lipinski definition) is 0. The summed E-state index contributed by atoms with van der Waals surface area (Å²) in [4.78, 5) is 62.2. The number of hydrazone groups is 1. The lowest BCUT2D eigenvalue weighted by molar-refractivity contribution is -0.385. The number of benzene rings is 2. The predicted octanol–water partition coefficient (Wildman–Crippen LogP) is 2.10. The lowest BCUT2D eigenvalue weighted by Crippen LogP contribution is -2.46. The van der Waals surface area contributed by atoms with Crippen LogP contribution in [0.2, 0.25) is 0 Å². The van der Waals surface area contributed by atoms with Crippen LogP contribution in [0.5, 0.6) is 0 Å². The second-order valence-corrected chi connectivity index (χ2v) is 7.97. The molecule has 2 aromatic carbocycles. The van der Waals surface area contributed by atoms with E-state index in [1.807, 2.05) is 0 Å². The minimum Gasteiger partial charge on any atom is -0.292 e. The van der Waals surface area contributed by atoms with Crippen molar-refractivity contribution in [1.82, 2.24) is 5.01 Å². The van der Waals surface area contributed by atoms with Crippen LogP contribution in [0.4, 0.5) is 17.1 Å². The Kier molecular flexibility index (Phi) is 4.78. The molecule has 0 aliphatic carbocycles. The van der Waals surface area contributed by atoms with Gasteiger partial charge in [-0.3, -0.25) is 39.6 Å². The maximum Gasteiger partial charge on any atom is 0.270 e. The van der Waals surface area contributed by atoms with Crippen molar-refractivity contribution in [2.75, 3.05) is 4.90 Å². The van der Waals surface area contributed by atoms with E-state index in [2.05, 4.69) is 5.10 Å². The van der Waals surface area contributed by atoms with Gasteiger partial charge in [-0.25, -0.2) is 4.90 Å². The first-order chi connectivity index (χ1) is 16.3. The molecule has 0 spiro atoms. The van der Waals surface area contributed by atoms with Gasteiger partial charge in [-0.05, 0) is 18.2 Å². The van der Waals surface area contributed by atoms with E-state index in [-0.39, 0.29) is 22.6 Å². The lowest BCUT2D eigenvalue weighted by atomic mass is 9.86. The molecule has 2 fully saturated rings. The molecule has 5 rings (SSSR count). The van der Waals surface area contributed by atoms with E-state index in [9.17, 15) is 34.6 Å². The number of fused-ring (bicyclic) bond motifs is 3. The van der Waals surface area contributed by atoms with E-state index in [0.717, 1.165) is 11.0 Å². The number of allylic oxidation sites excluding steroid dienone is 1. The van der Waals surface area contributed by atoms with E-state index >= 15 is 0 Å². The number of non-ortho nitro benzene ring substituents is 2. The third-order valence-corrected chi connectivity index (χ3v) is 6.22. The van der Waals surface area contributed by atoms with Crippen LogP contribution in [-0.4, -0.2) is 50.8 Å². The minimum atomic E-state index is -1.15. The highest BCUT2D eigenvalue weighted by molar-refractivity contribution is 6.24. The van der Waals surface area contributed by atoms with E-state index < -0.39 is 51.4 Å². The van der Waals surface area contributed by atoms with E-state index in [1.54, 1.807) is 12.2 Å². The fourth-order valence-electron chi connectivity index (χ4n) is 4.76. The van der Waals surface area contributed by atoms with Crippen molar-refractivity contribution in [3.05, 3.63) is 86.5 Å². The quantitative estimate of drug-likeness (QED) is 0.284. The predicted molar refractivity (Wildman–Crippen MR) is 117 cm³/mol. The van der Waals surface area contributed by atoms with Crippen molar-refractivity contribution < 1.29 is 24.2 Å². The Morgan fingerprint density at radius 1 is 0.912 bits per heavy atom.